The van der Waals surface area contributed by atoms with E-state index in [2.05, 4.69) is 0 Å². The fourth-order valence-electron chi connectivity index (χ4n) is 1.31. The number of rotatable bonds is 4. The molecule has 1 aromatic rings. The largest absolute Gasteiger partial charge is 0.481 e. The first-order chi connectivity index (χ1) is 8.73. The molecule has 2 atom stereocenters. The van der Waals surface area contributed by atoms with Crippen LogP contribution in [0.15, 0.2) is 12.1 Å². The predicted octanol–water partition coefficient (Wildman–Crippen LogP) is 2.40. The number of aliphatic carboxylic acids is 1. The number of carbonyl (C=O) groups is 2. The summed E-state index contributed by atoms with van der Waals surface area (Å²) in [6.45, 7) is 2.65. The van der Waals surface area contributed by atoms with Gasteiger partial charge < -0.3 is 10.4 Å². The highest BCUT2D eigenvalue weighted by Crippen LogP contribution is 2.20. The van der Waals surface area contributed by atoms with Crippen molar-refractivity contribution in [3.05, 3.63) is 29.6 Å². The summed E-state index contributed by atoms with van der Waals surface area (Å²) < 4.78 is 38.9. The number of carboxylic acid groups (broad SMARTS) is 1. The first-order valence-corrected chi connectivity index (χ1v) is 5.42. The summed E-state index contributed by atoms with van der Waals surface area (Å²) in [6.07, 6.45) is 0. The van der Waals surface area contributed by atoms with E-state index in [1.807, 2.05) is 5.32 Å². The van der Waals surface area contributed by atoms with E-state index in [4.69, 9.17) is 5.11 Å². The highest BCUT2D eigenvalue weighted by atomic mass is 19.2. The van der Waals surface area contributed by atoms with Gasteiger partial charge in [-0.1, -0.05) is 13.8 Å². The maximum absolute atomic E-state index is 13.3. The molecule has 7 heteroatoms. The highest BCUT2D eigenvalue weighted by Gasteiger charge is 2.26. The molecule has 2 N–H and O–H groups in total. The molecule has 0 fully saturated rings. The lowest BCUT2D eigenvalue weighted by Crippen LogP contribution is -2.30. The lowest BCUT2D eigenvalue weighted by atomic mass is 9.95. The zero-order chi connectivity index (χ0) is 14.7. The third-order valence-corrected chi connectivity index (χ3v) is 2.82. The summed E-state index contributed by atoms with van der Waals surface area (Å²) in [6, 6.07) is 0.803. The van der Waals surface area contributed by atoms with Gasteiger partial charge >= 0.3 is 5.97 Å². The van der Waals surface area contributed by atoms with E-state index in [0.717, 1.165) is 0 Å². The summed E-state index contributed by atoms with van der Waals surface area (Å²) in [7, 11) is 0. The van der Waals surface area contributed by atoms with Crippen LogP contribution < -0.4 is 5.32 Å². The molecule has 1 aromatic carbocycles. The van der Waals surface area contributed by atoms with Crippen LogP contribution in [0.3, 0.4) is 0 Å². The number of hydrogen-bond donors (Lipinski definition) is 2. The molecule has 0 aliphatic heterocycles. The van der Waals surface area contributed by atoms with Gasteiger partial charge in [-0.25, -0.2) is 13.2 Å². The molecule has 0 saturated heterocycles. The normalized spacial score (nSPS) is 13.7. The summed E-state index contributed by atoms with van der Waals surface area (Å²) >= 11 is 0. The molecule has 0 spiro atoms. The molecule has 19 heavy (non-hydrogen) atoms. The second-order valence-electron chi connectivity index (χ2n) is 4.15. The van der Waals surface area contributed by atoms with Crippen LogP contribution >= 0.6 is 0 Å². The number of nitrogens with one attached hydrogen (secondary N) is 1. The first-order valence-electron chi connectivity index (χ1n) is 5.42. The number of halogens is 3. The molecule has 1 amide bonds. The Balaban J connectivity index is 2.88. The minimum absolute atomic E-state index is 0.302. The molecular weight excluding hydrogens is 263 g/mol. The number of carbonyl (C=O) groups excluding carboxylic acids is 1. The predicted molar refractivity (Wildman–Crippen MR) is 60.9 cm³/mol. The van der Waals surface area contributed by atoms with Crippen LogP contribution in [0.5, 0.6) is 0 Å². The van der Waals surface area contributed by atoms with Crippen molar-refractivity contribution in [2.45, 2.75) is 13.8 Å². The Bertz CT molecular complexity index is 519. The zero-order valence-electron chi connectivity index (χ0n) is 10.2. The number of carboxylic acids is 1. The van der Waals surface area contributed by atoms with E-state index in [0.29, 0.717) is 12.1 Å². The Morgan fingerprint density at radius 1 is 1.05 bits per heavy atom. The third kappa shape index (κ3) is 3.46. The number of anilines is 1. The molecular formula is C12H12F3NO3. The topological polar surface area (TPSA) is 66.4 Å². The lowest BCUT2D eigenvalue weighted by molar-refractivity contribution is -0.145. The summed E-state index contributed by atoms with van der Waals surface area (Å²) in [5.74, 6) is -7.74. The van der Waals surface area contributed by atoms with Crippen molar-refractivity contribution >= 4 is 17.6 Å². The summed E-state index contributed by atoms with van der Waals surface area (Å²) in [4.78, 5) is 22.3. The van der Waals surface area contributed by atoms with Crippen molar-refractivity contribution in [3.63, 3.8) is 0 Å². The Kier molecular flexibility index (Phi) is 4.52. The molecule has 0 radical (unpaired) electrons. The number of benzene rings is 1. The lowest BCUT2D eigenvalue weighted by Gasteiger charge is -2.16. The van der Waals surface area contributed by atoms with Crippen LogP contribution in [-0.2, 0) is 9.59 Å². The van der Waals surface area contributed by atoms with Gasteiger partial charge in [0, 0.05) is 18.1 Å². The van der Waals surface area contributed by atoms with Gasteiger partial charge in [0.2, 0.25) is 5.91 Å². The summed E-state index contributed by atoms with van der Waals surface area (Å²) in [5.41, 5.74) is -0.534. The maximum Gasteiger partial charge on any atom is 0.307 e. The molecule has 104 valence electrons. The van der Waals surface area contributed by atoms with Crippen molar-refractivity contribution in [3.8, 4) is 0 Å². The SMILES string of the molecule is CC(C(=O)O)C(C)C(=O)Nc1cc(F)c(F)cc1F. The standard InChI is InChI=1S/C12H12F3NO3/c1-5(6(2)12(18)19)11(17)16-10-4-8(14)7(13)3-9(10)15/h3-6H,1-2H3,(H,16,17)(H,18,19). The van der Waals surface area contributed by atoms with Crippen molar-refractivity contribution in [1.82, 2.24) is 0 Å². The van der Waals surface area contributed by atoms with Gasteiger partial charge in [-0.05, 0) is 0 Å². The van der Waals surface area contributed by atoms with Crippen molar-refractivity contribution in [2.75, 3.05) is 5.32 Å². The van der Waals surface area contributed by atoms with Gasteiger partial charge in [-0.2, -0.15) is 0 Å². The van der Waals surface area contributed by atoms with Gasteiger partial charge in [0.1, 0.15) is 5.82 Å². The van der Waals surface area contributed by atoms with Crippen molar-refractivity contribution in [1.29, 1.82) is 0 Å². The second kappa shape index (κ2) is 5.73. The zero-order valence-corrected chi connectivity index (χ0v) is 10.2. The van der Waals surface area contributed by atoms with Crippen LogP contribution in [0.1, 0.15) is 13.8 Å². The average Bonchev–Trinajstić information content (AvgIpc) is 2.33. The quantitative estimate of drug-likeness (QED) is 0.829. The molecule has 0 aliphatic carbocycles. The molecule has 1 rings (SSSR count). The Morgan fingerprint density at radius 2 is 1.58 bits per heavy atom. The fraction of sp³-hybridized carbons (Fsp3) is 0.333. The maximum atomic E-state index is 13.3. The van der Waals surface area contributed by atoms with Crippen LogP contribution in [-0.4, -0.2) is 17.0 Å². The van der Waals surface area contributed by atoms with E-state index in [-0.39, 0.29) is 0 Å². The van der Waals surface area contributed by atoms with Gasteiger partial charge in [-0.3, -0.25) is 9.59 Å². The van der Waals surface area contributed by atoms with Gasteiger partial charge in [0.05, 0.1) is 11.6 Å². The van der Waals surface area contributed by atoms with Crippen LogP contribution in [0.2, 0.25) is 0 Å². The Labute approximate surface area is 107 Å². The number of hydrogen-bond acceptors (Lipinski definition) is 2. The smallest absolute Gasteiger partial charge is 0.307 e. The van der Waals surface area contributed by atoms with E-state index >= 15 is 0 Å². The molecule has 0 aromatic heterocycles. The van der Waals surface area contributed by atoms with Gasteiger partial charge in [0.15, 0.2) is 11.6 Å². The second-order valence-corrected chi connectivity index (χ2v) is 4.15. The molecule has 0 aliphatic rings. The van der Waals surface area contributed by atoms with Gasteiger partial charge in [-0.15, -0.1) is 0 Å². The van der Waals surface area contributed by atoms with Crippen molar-refractivity contribution in [2.24, 2.45) is 11.8 Å². The minimum Gasteiger partial charge on any atom is -0.481 e. The van der Waals surface area contributed by atoms with E-state index in [1.54, 1.807) is 0 Å². The molecule has 0 heterocycles. The molecule has 0 saturated carbocycles. The van der Waals surface area contributed by atoms with Crippen LogP contribution in [0, 0.1) is 29.3 Å². The number of amides is 1. The van der Waals surface area contributed by atoms with Gasteiger partial charge in [0.25, 0.3) is 0 Å². The van der Waals surface area contributed by atoms with E-state index in [1.165, 1.54) is 13.8 Å². The van der Waals surface area contributed by atoms with E-state index < -0.39 is 46.9 Å². The van der Waals surface area contributed by atoms with Crippen LogP contribution in [0.4, 0.5) is 18.9 Å². The average molecular weight is 275 g/mol. The third-order valence-electron chi connectivity index (χ3n) is 2.82. The minimum atomic E-state index is -1.37. The monoisotopic (exact) mass is 275 g/mol. The molecule has 4 nitrogen and oxygen atoms in total. The highest BCUT2D eigenvalue weighted by molar-refractivity contribution is 5.94. The van der Waals surface area contributed by atoms with E-state index in [9.17, 15) is 22.8 Å². The van der Waals surface area contributed by atoms with Crippen molar-refractivity contribution < 1.29 is 27.9 Å². The fourth-order valence-corrected chi connectivity index (χ4v) is 1.31. The Hall–Kier alpha value is -2.05. The first kappa shape index (κ1) is 15.0. The summed E-state index contributed by atoms with van der Waals surface area (Å²) in [5, 5.41) is 10.8. The molecule has 0 bridgehead atoms. The Morgan fingerprint density at radius 3 is 2.11 bits per heavy atom. The molecule has 2 unspecified atom stereocenters. The van der Waals surface area contributed by atoms with Crippen LogP contribution in [0.25, 0.3) is 0 Å².